The fraction of sp³-hybridized carbons (Fsp3) is 0.500. The maximum absolute atomic E-state index is 12.7. The minimum atomic E-state index is -0.832. The van der Waals surface area contributed by atoms with Crippen molar-refractivity contribution in [1.29, 1.82) is 0 Å². The smallest absolute Gasteiger partial charge is 0.313 e. The van der Waals surface area contributed by atoms with Crippen molar-refractivity contribution in [2.45, 2.75) is 18.3 Å². The molecule has 2 N–H and O–H groups in total. The maximum atomic E-state index is 12.7. The van der Waals surface area contributed by atoms with Crippen molar-refractivity contribution in [2.75, 3.05) is 31.3 Å². The molecule has 6 heteroatoms. The van der Waals surface area contributed by atoms with E-state index in [0.29, 0.717) is 38.4 Å². The third kappa shape index (κ3) is 4.24. The molecule has 0 radical (unpaired) electrons. The van der Waals surface area contributed by atoms with Gasteiger partial charge in [0.15, 0.2) is 0 Å². The van der Waals surface area contributed by atoms with Gasteiger partial charge >= 0.3 is 5.97 Å². The van der Waals surface area contributed by atoms with E-state index in [1.54, 1.807) is 0 Å². The highest BCUT2D eigenvalue weighted by molar-refractivity contribution is 7.99. The van der Waals surface area contributed by atoms with E-state index in [-0.39, 0.29) is 11.7 Å². The van der Waals surface area contributed by atoms with Gasteiger partial charge in [-0.1, -0.05) is 30.3 Å². The van der Waals surface area contributed by atoms with Gasteiger partial charge in [-0.15, -0.1) is 11.8 Å². The first-order valence-electron chi connectivity index (χ1n) is 7.36. The van der Waals surface area contributed by atoms with Crippen LogP contribution in [0.15, 0.2) is 30.3 Å². The Morgan fingerprint density at radius 3 is 2.55 bits per heavy atom. The zero-order valence-electron chi connectivity index (χ0n) is 12.4. The number of amides is 1. The Kier molecular flexibility index (Phi) is 6.27. The summed E-state index contributed by atoms with van der Waals surface area (Å²) >= 11 is 1.31. The van der Waals surface area contributed by atoms with Crippen LogP contribution < -0.4 is 5.32 Å². The number of carbonyl (C=O) groups is 2. The third-order valence-electron chi connectivity index (χ3n) is 3.86. The highest BCUT2D eigenvalue weighted by Crippen LogP contribution is 2.35. The Balaban J connectivity index is 1.97. The van der Waals surface area contributed by atoms with E-state index in [2.05, 4.69) is 5.32 Å². The Labute approximate surface area is 134 Å². The van der Waals surface area contributed by atoms with E-state index in [9.17, 15) is 9.59 Å². The summed E-state index contributed by atoms with van der Waals surface area (Å²) in [5, 5.41) is 11.6. The van der Waals surface area contributed by atoms with Gasteiger partial charge in [0, 0.05) is 25.5 Å². The SMILES string of the molecule is O=C(O)CSCCNC(=O)C1(c2ccccc2)CCOCC1. The summed E-state index contributed by atoms with van der Waals surface area (Å²) in [6, 6.07) is 9.82. The molecule has 1 saturated heterocycles. The zero-order chi connectivity index (χ0) is 15.8. The van der Waals surface area contributed by atoms with Crippen LogP contribution in [-0.4, -0.2) is 48.2 Å². The monoisotopic (exact) mass is 323 g/mol. The Hall–Kier alpha value is -1.53. The summed E-state index contributed by atoms with van der Waals surface area (Å²) in [5.74, 6) is -0.160. The van der Waals surface area contributed by atoms with Gasteiger partial charge in [-0.05, 0) is 18.4 Å². The number of benzene rings is 1. The van der Waals surface area contributed by atoms with Gasteiger partial charge in [0.05, 0.1) is 11.2 Å². The molecule has 0 atom stereocenters. The number of aliphatic carboxylic acids is 1. The van der Waals surface area contributed by atoms with Crippen molar-refractivity contribution < 1.29 is 19.4 Å². The number of hydrogen-bond acceptors (Lipinski definition) is 4. The van der Waals surface area contributed by atoms with Crippen LogP contribution in [0.25, 0.3) is 0 Å². The lowest BCUT2D eigenvalue weighted by Crippen LogP contribution is -2.48. The number of carbonyl (C=O) groups excluding carboxylic acids is 1. The first kappa shape index (κ1) is 16.8. The van der Waals surface area contributed by atoms with Crippen LogP contribution in [0, 0.1) is 0 Å². The molecule has 0 saturated carbocycles. The molecule has 2 rings (SSSR count). The molecule has 0 aromatic heterocycles. The molecule has 1 aliphatic heterocycles. The molecule has 0 unspecified atom stereocenters. The number of rotatable bonds is 7. The molecule has 1 amide bonds. The highest BCUT2D eigenvalue weighted by Gasteiger charge is 2.41. The second-order valence-electron chi connectivity index (χ2n) is 5.26. The van der Waals surface area contributed by atoms with Gasteiger partial charge in [-0.2, -0.15) is 0 Å². The predicted molar refractivity (Wildman–Crippen MR) is 86.1 cm³/mol. The molecule has 0 spiro atoms. The van der Waals surface area contributed by atoms with Gasteiger partial charge in [-0.25, -0.2) is 0 Å². The lowest BCUT2D eigenvalue weighted by Gasteiger charge is -2.36. The molecular formula is C16H21NO4S. The summed E-state index contributed by atoms with van der Waals surface area (Å²) in [7, 11) is 0. The van der Waals surface area contributed by atoms with Crippen LogP contribution in [-0.2, 0) is 19.7 Å². The van der Waals surface area contributed by atoms with Crippen molar-refractivity contribution in [3.05, 3.63) is 35.9 Å². The van der Waals surface area contributed by atoms with Crippen molar-refractivity contribution in [2.24, 2.45) is 0 Å². The largest absolute Gasteiger partial charge is 0.481 e. The molecule has 5 nitrogen and oxygen atoms in total. The fourth-order valence-corrected chi connectivity index (χ4v) is 3.25. The molecule has 1 fully saturated rings. The van der Waals surface area contributed by atoms with E-state index in [4.69, 9.17) is 9.84 Å². The highest BCUT2D eigenvalue weighted by atomic mass is 32.2. The zero-order valence-corrected chi connectivity index (χ0v) is 13.2. The van der Waals surface area contributed by atoms with Crippen LogP contribution in [0.5, 0.6) is 0 Å². The summed E-state index contributed by atoms with van der Waals surface area (Å²) in [5.41, 5.74) is 0.491. The standard InChI is InChI=1S/C16H21NO4S/c18-14(19)12-22-11-8-17-15(20)16(6-9-21-10-7-16)13-4-2-1-3-5-13/h1-5H,6-12H2,(H,17,20)(H,18,19). The van der Waals surface area contributed by atoms with Crippen LogP contribution in [0.4, 0.5) is 0 Å². The minimum absolute atomic E-state index is 0.0120. The number of thioether (sulfide) groups is 1. The van der Waals surface area contributed by atoms with E-state index >= 15 is 0 Å². The van der Waals surface area contributed by atoms with E-state index in [0.717, 1.165) is 5.56 Å². The number of nitrogens with one attached hydrogen (secondary N) is 1. The van der Waals surface area contributed by atoms with Crippen molar-refractivity contribution in [1.82, 2.24) is 5.32 Å². The molecule has 1 aromatic rings. The topological polar surface area (TPSA) is 75.6 Å². The quantitative estimate of drug-likeness (QED) is 0.747. The Morgan fingerprint density at radius 1 is 1.23 bits per heavy atom. The summed E-state index contributed by atoms with van der Waals surface area (Å²) in [4.78, 5) is 23.2. The van der Waals surface area contributed by atoms with Crippen molar-refractivity contribution in [3.8, 4) is 0 Å². The average molecular weight is 323 g/mol. The van der Waals surface area contributed by atoms with E-state index in [1.807, 2.05) is 30.3 Å². The minimum Gasteiger partial charge on any atom is -0.481 e. The fourth-order valence-electron chi connectivity index (χ4n) is 2.69. The molecule has 1 aromatic carbocycles. The van der Waals surface area contributed by atoms with Crippen LogP contribution >= 0.6 is 11.8 Å². The van der Waals surface area contributed by atoms with Crippen LogP contribution in [0.3, 0.4) is 0 Å². The van der Waals surface area contributed by atoms with Gasteiger partial charge < -0.3 is 15.2 Å². The molecule has 0 bridgehead atoms. The molecule has 0 aliphatic carbocycles. The summed E-state index contributed by atoms with van der Waals surface area (Å²) in [6.45, 7) is 1.64. The lowest BCUT2D eigenvalue weighted by molar-refractivity contribution is -0.134. The van der Waals surface area contributed by atoms with Gasteiger partial charge in [0.25, 0.3) is 0 Å². The predicted octanol–water partition coefficient (Wildman–Crippen LogP) is 1.67. The van der Waals surface area contributed by atoms with Gasteiger partial charge in [0.1, 0.15) is 0 Å². The second kappa shape index (κ2) is 8.19. The molecule has 120 valence electrons. The normalized spacial score (nSPS) is 16.9. The lowest BCUT2D eigenvalue weighted by atomic mass is 9.73. The summed E-state index contributed by atoms with van der Waals surface area (Å²) in [6.07, 6.45) is 1.34. The number of ether oxygens (including phenoxy) is 1. The van der Waals surface area contributed by atoms with Gasteiger partial charge in [-0.3, -0.25) is 9.59 Å². The van der Waals surface area contributed by atoms with Crippen molar-refractivity contribution in [3.63, 3.8) is 0 Å². The van der Waals surface area contributed by atoms with Gasteiger partial charge in [0.2, 0.25) is 5.91 Å². The molecule has 22 heavy (non-hydrogen) atoms. The second-order valence-corrected chi connectivity index (χ2v) is 6.37. The third-order valence-corrected chi connectivity index (χ3v) is 4.81. The number of carboxylic acids is 1. The van der Waals surface area contributed by atoms with Crippen LogP contribution in [0.1, 0.15) is 18.4 Å². The first-order chi connectivity index (χ1) is 10.6. The van der Waals surface area contributed by atoms with E-state index in [1.165, 1.54) is 11.8 Å². The first-order valence-corrected chi connectivity index (χ1v) is 8.52. The van der Waals surface area contributed by atoms with Crippen LogP contribution in [0.2, 0.25) is 0 Å². The molecule has 1 aliphatic rings. The van der Waals surface area contributed by atoms with E-state index < -0.39 is 11.4 Å². The Morgan fingerprint density at radius 2 is 1.91 bits per heavy atom. The molecule has 1 heterocycles. The number of carboxylic acid groups (broad SMARTS) is 1. The molecular weight excluding hydrogens is 302 g/mol. The summed E-state index contributed by atoms with van der Waals surface area (Å²) < 4.78 is 5.42. The van der Waals surface area contributed by atoms with Crippen molar-refractivity contribution >= 4 is 23.6 Å². The average Bonchev–Trinajstić information content (AvgIpc) is 2.55. The maximum Gasteiger partial charge on any atom is 0.313 e. The Bertz CT molecular complexity index is 500. The number of hydrogen-bond donors (Lipinski definition) is 2.